The van der Waals surface area contributed by atoms with Crippen LogP contribution in [0.15, 0.2) is 42.5 Å². The molecule has 0 aliphatic heterocycles. The topological polar surface area (TPSA) is 29.3 Å². The molecule has 3 heteroatoms. The van der Waals surface area contributed by atoms with Crippen LogP contribution in [0.2, 0.25) is 0 Å². The molecule has 0 radical (unpaired) electrons. The van der Waals surface area contributed by atoms with E-state index in [0.717, 1.165) is 17.8 Å². The summed E-state index contributed by atoms with van der Waals surface area (Å²) in [6, 6.07) is 13.0. The van der Waals surface area contributed by atoms with Gasteiger partial charge in [0.1, 0.15) is 5.82 Å². The molecule has 2 aromatic rings. The SMILES string of the molecule is Cc1cccc(CN(C)c2ccc(F)cc2[C@@H](C)N)c1. The van der Waals surface area contributed by atoms with Gasteiger partial charge in [-0.3, -0.25) is 0 Å². The monoisotopic (exact) mass is 272 g/mol. The molecule has 0 aromatic heterocycles. The highest BCUT2D eigenvalue weighted by atomic mass is 19.1. The summed E-state index contributed by atoms with van der Waals surface area (Å²) in [7, 11) is 2.00. The summed E-state index contributed by atoms with van der Waals surface area (Å²) in [5.41, 5.74) is 10.2. The van der Waals surface area contributed by atoms with E-state index in [-0.39, 0.29) is 11.9 Å². The van der Waals surface area contributed by atoms with Crippen molar-refractivity contribution in [1.29, 1.82) is 0 Å². The van der Waals surface area contributed by atoms with Crippen LogP contribution in [0.5, 0.6) is 0 Å². The largest absolute Gasteiger partial charge is 0.370 e. The lowest BCUT2D eigenvalue weighted by molar-refractivity contribution is 0.622. The molecule has 0 heterocycles. The van der Waals surface area contributed by atoms with Gasteiger partial charge in [-0.25, -0.2) is 4.39 Å². The van der Waals surface area contributed by atoms with E-state index in [1.54, 1.807) is 6.07 Å². The van der Waals surface area contributed by atoms with Crippen molar-refractivity contribution in [3.8, 4) is 0 Å². The van der Waals surface area contributed by atoms with E-state index in [9.17, 15) is 4.39 Å². The molecule has 1 atom stereocenters. The molecule has 0 saturated heterocycles. The Labute approximate surface area is 120 Å². The second kappa shape index (κ2) is 6.06. The first-order chi connectivity index (χ1) is 9.47. The second-order valence-electron chi connectivity index (χ2n) is 5.34. The lowest BCUT2D eigenvalue weighted by Gasteiger charge is -2.24. The number of aryl methyl sites for hydroxylation is 1. The van der Waals surface area contributed by atoms with Crippen LogP contribution in [0.3, 0.4) is 0 Å². The van der Waals surface area contributed by atoms with Crippen LogP contribution in [-0.2, 0) is 6.54 Å². The predicted octanol–water partition coefficient (Wildman–Crippen LogP) is 3.79. The van der Waals surface area contributed by atoms with E-state index in [2.05, 4.69) is 36.1 Å². The van der Waals surface area contributed by atoms with E-state index < -0.39 is 0 Å². The van der Waals surface area contributed by atoms with E-state index in [1.807, 2.05) is 14.0 Å². The molecule has 0 spiro atoms. The van der Waals surface area contributed by atoms with E-state index >= 15 is 0 Å². The lowest BCUT2D eigenvalue weighted by Crippen LogP contribution is -2.20. The zero-order valence-electron chi connectivity index (χ0n) is 12.2. The summed E-state index contributed by atoms with van der Waals surface area (Å²) in [6.07, 6.45) is 0. The fraction of sp³-hybridized carbons (Fsp3) is 0.294. The van der Waals surface area contributed by atoms with Gasteiger partial charge in [-0.15, -0.1) is 0 Å². The van der Waals surface area contributed by atoms with Gasteiger partial charge in [0.2, 0.25) is 0 Å². The lowest BCUT2D eigenvalue weighted by atomic mass is 10.0. The van der Waals surface area contributed by atoms with Crippen molar-refractivity contribution in [2.75, 3.05) is 11.9 Å². The Morgan fingerprint density at radius 1 is 1.20 bits per heavy atom. The van der Waals surface area contributed by atoms with Crippen LogP contribution in [-0.4, -0.2) is 7.05 Å². The standard InChI is InChI=1S/C17H21FN2/c1-12-5-4-6-14(9-12)11-20(3)17-8-7-15(18)10-16(17)13(2)19/h4-10,13H,11,19H2,1-3H3/t13-/m1/s1. The zero-order chi connectivity index (χ0) is 14.7. The summed E-state index contributed by atoms with van der Waals surface area (Å²) in [4.78, 5) is 2.10. The minimum absolute atomic E-state index is 0.194. The first kappa shape index (κ1) is 14.5. The molecule has 20 heavy (non-hydrogen) atoms. The smallest absolute Gasteiger partial charge is 0.123 e. The Morgan fingerprint density at radius 3 is 2.60 bits per heavy atom. The Kier molecular flexibility index (Phi) is 4.40. The van der Waals surface area contributed by atoms with Crippen molar-refractivity contribution in [2.45, 2.75) is 26.4 Å². The summed E-state index contributed by atoms with van der Waals surface area (Å²) < 4.78 is 13.4. The Morgan fingerprint density at radius 2 is 1.95 bits per heavy atom. The number of nitrogens with zero attached hydrogens (tertiary/aromatic N) is 1. The van der Waals surface area contributed by atoms with E-state index in [4.69, 9.17) is 5.73 Å². The number of hydrogen-bond acceptors (Lipinski definition) is 2. The third kappa shape index (κ3) is 3.36. The molecule has 0 bridgehead atoms. The van der Waals surface area contributed by atoms with Gasteiger partial charge in [0.15, 0.2) is 0 Å². The molecule has 0 fully saturated rings. The molecular formula is C17H21FN2. The Bertz CT molecular complexity index is 593. The summed E-state index contributed by atoms with van der Waals surface area (Å²) in [6.45, 7) is 4.72. The van der Waals surface area contributed by atoms with Gasteiger partial charge in [-0.2, -0.15) is 0 Å². The summed E-state index contributed by atoms with van der Waals surface area (Å²) >= 11 is 0. The third-order valence-corrected chi connectivity index (χ3v) is 3.39. The van der Waals surface area contributed by atoms with Gasteiger partial charge in [-0.1, -0.05) is 29.8 Å². The van der Waals surface area contributed by atoms with Crippen molar-refractivity contribution in [1.82, 2.24) is 0 Å². The molecule has 2 aromatic carbocycles. The van der Waals surface area contributed by atoms with Gasteiger partial charge in [0.25, 0.3) is 0 Å². The molecule has 2 nitrogen and oxygen atoms in total. The van der Waals surface area contributed by atoms with Crippen LogP contribution < -0.4 is 10.6 Å². The number of halogens is 1. The maximum Gasteiger partial charge on any atom is 0.123 e. The van der Waals surface area contributed by atoms with Gasteiger partial charge in [-0.05, 0) is 43.2 Å². The minimum Gasteiger partial charge on any atom is -0.370 e. The molecular weight excluding hydrogens is 251 g/mol. The molecule has 2 rings (SSSR count). The molecule has 0 saturated carbocycles. The third-order valence-electron chi connectivity index (χ3n) is 3.39. The highest BCUT2D eigenvalue weighted by Crippen LogP contribution is 2.26. The van der Waals surface area contributed by atoms with Crippen LogP contribution in [0.4, 0.5) is 10.1 Å². The molecule has 0 unspecified atom stereocenters. The molecule has 0 aliphatic rings. The molecule has 2 N–H and O–H groups in total. The van der Waals surface area contributed by atoms with Crippen molar-refractivity contribution in [2.24, 2.45) is 5.73 Å². The number of hydrogen-bond donors (Lipinski definition) is 1. The zero-order valence-corrected chi connectivity index (χ0v) is 12.2. The first-order valence-corrected chi connectivity index (χ1v) is 6.79. The number of anilines is 1. The van der Waals surface area contributed by atoms with Gasteiger partial charge < -0.3 is 10.6 Å². The summed E-state index contributed by atoms with van der Waals surface area (Å²) in [5, 5.41) is 0. The highest BCUT2D eigenvalue weighted by Gasteiger charge is 2.12. The average molecular weight is 272 g/mol. The van der Waals surface area contributed by atoms with Crippen LogP contribution in [0.1, 0.15) is 29.7 Å². The second-order valence-corrected chi connectivity index (χ2v) is 5.34. The van der Waals surface area contributed by atoms with Crippen molar-refractivity contribution >= 4 is 5.69 Å². The Balaban J connectivity index is 2.27. The summed E-state index contributed by atoms with van der Waals surface area (Å²) in [5.74, 6) is -0.245. The normalized spacial score (nSPS) is 12.2. The fourth-order valence-electron chi connectivity index (χ4n) is 2.41. The van der Waals surface area contributed by atoms with Gasteiger partial charge in [0.05, 0.1) is 0 Å². The van der Waals surface area contributed by atoms with Crippen molar-refractivity contribution in [3.05, 3.63) is 65.0 Å². The number of benzene rings is 2. The van der Waals surface area contributed by atoms with Crippen LogP contribution >= 0.6 is 0 Å². The Hall–Kier alpha value is -1.87. The van der Waals surface area contributed by atoms with Gasteiger partial charge >= 0.3 is 0 Å². The minimum atomic E-state index is -0.245. The average Bonchev–Trinajstić information content (AvgIpc) is 2.38. The number of rotatable bonds is 4. The quantitative estimate of drug-likeness (QED) is 0.917. The van der Waals surface area contributed by atoms with Crippen molar-refractivity contribution in [3.63, 3.8) is 0 Å². The van der Waals surface area contributed by atoms with Crippen LogP contribution in [0.25, 0.3) is 0 Å². The van der Waals surface area contributed by atoms with Crippen LogP contribution in [0, 0.1) is 12.7 Å². The van der Waals surface area contributed by atoms with Crippen molar-refractivity contribution < 1.29 is 4.39 Å². The highest BCUT2D eigenvalue weighted by molar-refractivity contribution is 5.55. The molecule has 0 amide bonds. The number of nitrogens with two attached hydrogens (primary N) is 1. The first-order valence-electron chi connectivity index (χ1n) is 6.79. The van der Waals surface area contributed by atoms with Gasteiger partial charge in [0, 0.05) is 25.3 Å². The predicted molar refractivity (Wildman–Crippen MR) is 82.3 cm³/mol. The maximum atomic E-state index is 13.4. The fourth-order valence-corrected chi connectivity index (χ4v) is 2.41. The molecule has 106 valence electrons. The van der Waals surface area contributed by atoms with E-state index in [0.29, 0.717) is 0 Å². The molecule has 0 aliphatic carbocycles. The maximum absolute atomic E-state index is 13.4. The van der Waals surface area contributed by atoms with E-state index in [1.165, 1.54) is 23.3 Å².